The zero-order valence-corrected chi connectivity index (χ0v) is 9.95. The van der Waals surface area contributed by atoms with Gasteiger partial charge in [0.25, 0.3) is 0 Å². The van der Waals surface area contributed by atoms with Crippen molar-refractivity contribution in [2.24, 2.45) is 11.7 Å². The van der Waals surface area contributed by atoms with Crippen LogP contribution in [0.4, 0.5) is 18.9 Å². The summed E-state index contributed by atoms with van der Waals surface area (Å²) in [5.41, 5.74) is 7.09. The Bertz CT molecular complexity index is 381. The van der Waals surface area contributed by atoms with Crippen molar-refractivity contribution in [1.29, 1.82) is 0 Å². The zero-order valence-electron chi connectivity index (χ0n) is 9.95. The first-order chi connectivity index (χ1) is 8.50. The van der Waals surface area contributed by atoms with Gasteiger partial charge < -0.3 is 10.6 Å². The quantitative estimate of drug-likeness (QED) is 0.886. The second-order valence-electron chi connectivity index (χ2n) is 4.51. The number of nitrogens with zero attached hydrogens (tertiary/aromatic N) is 2. The van der Waals surface area contributed by atoms with Gasteiger partial charge in [-0.1, -0.05) is 0 Å². The van der Waals surface area contributed by atoms with Gasteiger partial charge in [-0.3, -0.25) is 4.98 Å². The summed E-state index contributed by atoms with van der Waals surface area (Å²) in [7, 11) is 0. The molecule has 0 aliphatic carbocycles. The molecule has 0 atom stereocenters. The highest BCUT2D eigenvalue weighted by molar-refractivity contribution is 5.44. The Labute approximate surface area is 104 Å². The zero-order chi connectivity index (χ0) is 13.2. The lowest BCUT2D eigenvalue weighted by Crippen LogP contribution is -2.39. The molecular formula is C12H16F3N3. The molecule has 1 aliphatic heterocycles. The Kier molecular flexibility index (Phi) is 3.75. The molecule has 2 heterocycles. The highest BCUT2D eigenvalue weighted by Gasteiger charge is 2.41. The van der Waals surface area contributed by atoms with Crippen LogP contribution in [0, 0.1) is 5.92 Å². The van der Waals surface area contributed by atoms with E-state index in [-0.39, 0.29) is 12.8 Å². The summed E-state index contributed by atoms with van der Waals surface area (Å²) in [4.78, 5) is 6.09. The van der Waals surface area contributed by atoms with Crippen LogP contribution in [0.2, 0.25) is 0 Å². The molecule has 100 valence electrons. The van der Waals surface area contributed by atoms with Gasteiger partial charge in [0, 0.05) is 19.6 Å². The van der Waals surface area contributed by atoms with E-state index in [1.54, 1.807) is 6.20 Å². The van der Waals surface area contributed by atoms with Gasteiger partial charge in [-0.05, 0) is 25.0 Å². The van der Waals surface area contributed by atoms with Crippen molar-refractivity contribution in [3.8, 4) is 0 Å². The number of anilines is 1. The van der Waals surface area contributed by atoms with Crippen LogP contribution in [-0.2, 0) is 6.54 Å². The third-order valence-electron chi connectivity index (χ3n) is 3.34. The molecule has 2 N–H and O–H groups in total. The van der Waals surface area contributed by atoms with Gasteiger partial charge in [0.1, 0.15) is 0 Å². The van der Waals surface area contributed by atoms with Crippen LogP contribution in [0.15, 0.2) is 18.3 Å². The summed E-state index contributed by atoms with van der Waals surface area (Å²) in [5.74, 6) is -1.16. The number of aromatic nitrogens is 1. The summed E-state index contributed by atoms with van der Waals surface area (Å²) in [6.07, 6.45) is -2.08. The second-order valence-corrected chi connectivity index (χ2v) is 4.51. The van der Waals surface area contributed by atoms with Crippen molar-refractivity contribution < 1.29 is 13.2 Å². The average molecular weight is 259 g/mol. The van der Waals surface area contributed by atoms with Gasteiger partial charge in [-0.25, -0.2) is 0 Å². The molecule has 1 fully saturated rings. The first kappa shape index (κ1) is 13.1. The summed E-state index contributed by atoms with van der Waals surface area (Å²) < 4.78 is 37.6. The molecule has 1 aromatic heterocycles. The molecule has 1 saturated heterocycles. The first-order valence-corrected chi connectivity index (χ1v) is 5.97. The number of nitrogens with two attached hydrogens (primary N) is 1. The van der Waals surface area contributed by atoms with Gasteiger partial charge in [0.2, 0.25) is 0 Å². The van der Waals surface area contributed by atoms with E-state index in [2.05, 4.69) is 4.98 Å². The monoisotopic (exact) mass is 259 g/mol. The van der Waals surface area contributed by atoms with Gasteiger partial charge in [0.15, 0.2) is 0 Å². The SMILES string of the molecule is NCc1ccc(N2CCC(C(F)(F)F)CC2)cn1. The maximum absolute atomic E-state index is 12.5. The minimum absolute atomic E-state index is 0.155. The fraction of sp³-hybridized carbons (Fsp3) is 0.583. The fourth-order valence-corrected chi connectivity index (χ4v) is 2.19. The molecule has 1 aliphatic rings. The number of pyridine rings is 1. The largest absolute Gasteiger partial charge is 0.391 e. The molecule has 1 aromatic rings. The second kappa shape index (κ2) is 5.14. The normalized spacial score (nSPS) is 18.1. The highest BCUT2D eigenvalue weighted by Crippen LogP contribution is 2.35. The van der Waals surface area contributed by atoms with E-state index in [9.17, 15) is 13.2 Å². The molecule has 0 bridgehead atoms. The summed E-state index contributed by atoms with van der Waals surface area (Å²) in [6.45, 7) is 1.22. The maximum Gasteiger partial charge on any atom is 0.391 e. The van der Waals surface area contributed by atoms with Crippen LogP contribution in [0.5, 0.6) is 0 Å². The van der Waals surface area contributed by atoms with E-state index in [1.165, 1.54) is 0 Å². The third-order valence-corrected chi connectivity index (χ3v) is 3.34. The molecule has 0 spiro atoms. The van der Waals surface area contributed by atoms with Crippen LogP contribution in [0.25, 0.3) is 0 Å². The average Bonchev–Trinajstić information content (AvgIpc) is 2.38. The van der Waals surface area contributed by atoms with Crippen molar-refractivity contribution in [2.45, 2.75) is 25.6 Å². The lowest BCUT2D eigenvalue weighted by molar-refractivity contribution is -0.179. The molecule has 3 nitrogen and oxygen atoms in total. The molecule has 0 unspecified atom stereocenters. The van der Waals surface area contributed by atoms with Crippen LogP contribution < -0.4 is 10.6 Å². The number of piperidine rings is 1. The van der Waals surface area contributed by atoms with E-state index in [4.69, 9.17) is 5.73 Å². The molecule has 0 amide bonds. The Morgan fingerprint density at radius 3 is 2.39 bits per heavy atom. The Morgan fingerprint density at radius 1 is 1.28 bits per heavy atom. The van der Waals surface area contributed by atoms with E-state index in [0.29, 0.717) is 19.6 Å². The van der Waals surface area contributed by atoms with E-state index < -0.39 is 12.1 Å². The molecule has 0 radical (unpaired) electrons. The minimum atomic E-state index is -4.06. The molecule has 6 heteroatoms. The van der Waals surface area contributed by atoms with E-state index >= 15 is 0 Å². The van der Waals surface area contributed by atoms with Crippen molar-refractivity contribution in [3.63, 3.8) is 0 Å². The molecule has 2 rings (SSSR count). The van der Waals surface area contributed by atoms with Crippen molar-refractivity contribution in [2.75, 3.05) is 18.0 Å². The predicted octanol–water partition coefficient (Wildman–Crippen LogP) is 2.32. The van der Waals surface area contributed by atoms with Gasteiger partial charge in [0.05, 0.1) is 23.5 Å². The number of hydrogen-bond donors (Lipinski definition) is 1. The first-order valence-electron chi connectivity index (χ1n) is 5.97. The van der Waals surface area contributed by atoms with E-state index in [1.807, 2.05) is 17.0 Å². The lowest BCUT2D eigenvalue weighted by atomic mass is 9.96. The van der Waals surface area contributed by atoms with Crippen molar-refractivity contribution in [1.82, 2.24) is 4.98 Å². The Balaban J connectivity index is 1.96. The smallest absolute Gasteiger partial charge is 0.370 e. The third kappa shape index (κ3) is 2.93. The summed E-state index contributed by atoms with van der Waals surface area (Å²) in [5, 5.41) is 0. The number of alkyl halides is 3. The number of hydrogen-bond acceptors (Lipinski definition) is 3. The Morgan fingerprint density at radius 2 is 1.94 bits per heavy atom. The molecule has 0 aromatic carbocycles. The van der Waals surface area contributed by atoms with Gasteiger partial charge >= 0.3 is 6.18 Å². The van der Waals surface area contributed by atoms with Crippen LogP contribution in [-0.4, -0.2) is 24.2 Å². The lowest BCUT2D eigenvalue weighted by Gasteiger charge is -2.34. The topological polar surface area (TPSA) is 42.1 Å². The predicted molar refractivity (Wildman–Crippen MR) is 63.1 cm³/mol. The maximum atomic E-state index is 12.5. The highest BCUT2D eigenvalue weighted by atomic mass is 19.4. The molecule has 18 heavy (non-hydrogen) atoms. The summed E-state index contributed by atoms with van der Waals surface area (Å²) in [6, 6.07) is 3.67. The fourth-order valence-electron chi connectivity index (χ4n) is 2.19. The van der Waals surface area contributed by atoms with Crippen LogP contribution in [0.1, 0.15) is 18.5 Å². The van der Waals surface area contributed by atoms with Crippen LogP contribution in [0.3, 0.4) is 0 Å². The minimum Gasteiger partial charge on any atom is -0.370 e. The Hall–Kier alpha value is -1.30. The number of halogens is 3. The van der Waals surface area contributed by atoms with Crippen LogP contribution >= 0.6 is 0 Å². The summed E-state index contributed by atoms with van der Waals surface area (Å²) >= 11 is 0. The van der Waals surface area contributed by atoms with Crippen molar-refractivity contribution in [3.05, 3.63) is 24.0 Å². The standard InChI is InChI=1S/C12H16F3N3/c13-12(14,15)9-3-5-18(6-4-9)11-2-1-10(7-16)17-8-11/h1-2,8-9H,3-7,16H2. The van der Waals surface area contributed by atoms with E-state index in [0.717, 1.165) is 11.4 Å². The molecule has 0 saturated carbocycles. The van der Waals surface area contributed by atoms with Gasteiger partial charge in [-0.15, -0.1) is 0 Å². The number of rotatable bonds is 2. The molecular weight excluding hydrogens is 243 g/mol. The van der Waals surface area contributed by atoms with Gasteiger partial charge in [-0.2, -0.15) is 13.2 Å². The van der Waals surface area contributed by atoms with Crippen molar-refractivity contribution >= 4 is 5.69 Å².